The summed E-state index contributed by atoms with van der Waals surface area (Å²) in [5.74, 6) is 0.0404. The summed E-state index contributed by atoms with van der Waals surface area (Å²) in [6.45, 7) is 3.45. The number of halogens is 1. The first-order valence-electron chi connectivity index (χ1n) is 7.64. The molecule has 1 aromatic carbocycles. The van der Waals surface area contributed by atoms with Crippen LogP contribution in [0.5, 0.6) is 0 Å². The van der Waals surface area contributed by atoms with Gasteiger partial charge < -0.3 is 11.1 Å². The topological polar surface area (TPSA) is 58.4 Å². The molecule has 116 valence electrons. The van der Waals surface area contributed by atoms with E-state index in [1.807, 2.05) is 24.3 Å². The lowest BCUT2D eigenvalue weighted by Gasteiger charge is -2.35. The number of para-hydroxylation sites is 1. The summed E-state index contributed by atoms with van der Waals surface area (Å²) < 4.78 is 0.907. The molecule has 1 amide bonds. The van der Waals surface area contributed by atoms with Crippen molar-refractivity contribution in [3.05, 3.63) is 28.7 Å². The van der Waals surface area contributed by atoms with E-state index in [1.54, 1.807) is 0 Å². The third-order valence-corrected chi connectivity index (χ3v) is 4.85. The van der Waals surface area contributed by atoms with Crippen LogP contribution in [-0.4, -0.2) is 36.0 Å². The highest BCUT2D eigenvalue weighted by Gasteiger charge is 2.24. The number of likely N-dealkylation sites (N-methyl/N-ethyl adjacent to an activating group) is 1. The zero-order chi connectivity index (χ0) is 15.2. The number of nitrogens with two attached hydrogens (primary N) is 1. The van der Waals surface area contributed by atoms with E-state index >= 15 is 0 Å². The molecule has 1 saturated carbocycles. The van der Waals surface area contributed by atoms with Crippen LogP contribution < -0.4 is 11.1 Å². The molecule has 0 unspecified atom stereocenters. The Labute approximate surface area is 135 Å². The first-order valence-corrected chi connectivity index (χ1v) is 8.43. The molecule has 1 fully saturated rings. The minimum absolute atomic E-state index is 0.0404. The molecule has 2 rings (SSSR count). The zero-order valence-electron chi connectivity index (χ0n) is 12.5. The average molecular weight is 354 g/mol. The van der Waals surface area contributed by atoms with E-state index in [9.17, 15) is 4.79 Å². The van der Waals surface area contributed by atoms with Crippen molar-refractivity contribution < 1.29 is 4.79 Å². The number of amides is 1. The molecular weight excluding hydrogens is 330 g/mol. The van der Waals surface area contributed by atoms with Gasteiger partial charge >= 0.3 is 0 Å². The van der Waals surface area contributed by atoms with Crippen molar-refractivity contribution in [3.63, 3.8) is 0 Å². The van der Waals surface area contributed by atoms with Gasteiger partial charge in [0.25, 0.3) is 0 Å². The average Bonchev–Trinajstić information content (AvgIpc) is 2.48. The zero-order valence-corrected chi connectivity index (χ0v) is 14.1. The van der Waals surface area contributed by atoms with Gasteiger partial charge in [-0.05, 0) is 60.3 Å². The van der Waals surface area contributed by atoms with E-state index in [-0.39, 0.29) is 5.91 Å². The largest absolute Gasteiger partial charge is 0.328 e. The number of nitrogens with one attached hydrogen (secondary N) is 1. The molecular formula is C16H24BrN3O. The van der Waals surface area contributed by atoms with Gasteiger partial charge in [-0.25, -0.2) is 0 Å². The maximum Gasteiger partial charge on any atom is 0.238 e. The Morgan fingerprint density at radius 1 is 1.33 bits per heavy atom. The van der Waals surface area contributed by atoms with E-state index in [0.717, 1.165) is 42.4 Å². The SMILES string of the molecule is CCN(CC(=O)Nc1ccccc1Br)C1CCC(N)CC1. The third-order valence-electron chi connectivity index (χ3n) is 4.16. The highest BCUT2D eigenvalue weighted by molar-refractivity contribution is 9.10. The second-order valence-electron chi connectivity index (χ2n) is 5.66. The van der Waals surface area contributed by atoms with Crippen molar-refractivity contribution in [1.29, 1.82) is 0 Å². The second kappa shape index (κ2) is 7.92. The monoisotopic (exact) mass is 353 g/mol. The van der Waals surface area contributed by atoms with Crippen LogP contribution >= 0.6 is 15.9 Å². The van der Waals surface area contributed by atoms with Gasteiger partial charge in [0.1, 0.15) is 0 Å². The Morgan fingerprint density at radius 3 is 2.62 bits per heavy atom. The first kappa shape index (κ1) is 16.5. The smallest absolute Gasteiger partial charge is 0.238 e. The van der Waals surface area contributed by atoms with Gasteiger partial charge in [0, 0.05) is 16.6 Å². The lowest BCUT2D eigenvalue weighted by Crippen LogP contribution is -2.44. The first-order chi connectivity index (χ1) is 10.1. The van der Waals surface area contributed by atoms with Crippen LogP contribution in [0.25, 0.3) is 0 Å². The molecule has 21 heavy (non-hydrogen) atoms. The van der Waals surface area contributed by atoms with E-state index in [1.165, 1.54) is 0 Å². The fourth-order valence-electron chi connectivity index (χ4n) is 2.90. The molecule has 0 heterocycles. The van der Waals surface area contributed by atoms with Gasteiger partial charge in [0.2, 0.25) is 5.91 Å². The van der Waals surface area contributed by atoms with Gasteiger partial charge in [-0.3, -0.25) is 9.69 Å². The maximum atomic E-state index is 12.2. The third kappa shape index (κ3) is 4.80. The van der Waals surface area contributed by atoms with Gasteiger partial charge in [0.15, 0.2) is 0 Å². The minimum atomic E-state index is 0.0404. The lowest BCUT2D eigenvalue weighted by molar-refractivity contribution is -0.118. The number of rotatable bonds is 5. The van der Waals surface area contributed by atoms with E-state index in [2.05, 4.69) is 33.1 Å². The number of nitrogens with zero attached hydrogens (tertiary/aromatic N) is 1. The molecule has 5 heteroatoms. The van der Waals surface area contributed by atoms with E-state index < -0.39 is 0 Å². The number of benzene rings is 1. The molecule has 0 saturated heterocycles. The molecule has 0 aromatic heterocycles. The van der Waals surface area contributed by atoms with Gasteiger partial charge in [-0.1, -0.05) is 19.1 Å². The van der Waals surface area contributed by atoms with Gasteiger partial charge in [0.05, 0.1) is 12.2 Å². The summed E-state index contributed by atoms with van der Waals surface area (Å²) in [5.41, 5.74) is 6.78. The Balaban J connectivity index is 1.89. The van der Waals surface area contributed by atoms with E-state index in [4.69, 9.17) is 5.73 Å². The Kier molecular flexibility index (Phi) is 6.21. The summed E-state index contributed by atoms with van der Waals surface area (Å²) in [6, 6.07) is 8.51. The number of carbonyl (C=O) groups excluding carboxylic acids is 1. The normalized spacial score (nSPS) is 22.3. The predicted octanol–water partition coefficient (Wildman–Crippen LogP) is 2.98. The number of hydrogen-bond donors (Lipinski definition) is 2. The Morgan fingerprint density at radius 2 is 2.00 bits per heavy atom. The van der Waals surface area contributed by atoms with Crippen LogP contribution in [-0.2, 0) is 4.79 Å². The van der Waals surface area contributed by atoms with Crippen molar-refractivity contribution in [2.75, 3.05) is 18.4 Å². The van der Waals surface area contributed by atoms with Gasteiger partial charge in [-0.2, -0.15) is 0 Å². The maximum absolute atomic E-state index is 12.2. The van der Waals surface area contributed by atoms with Crippen molar-refractivity contribution in [2.45, 2.75) is 44.7 Å². The van der Waals surface area contributed by atoms with Crippen LogP contribution in [0.15, 0.2) is 28.7 Å². The molecule has 0 bridgehead atoms. The Hall–Kier alpha value is -0.910. The summed E-state index contributed by atoms with van der Waals surface area (Å²) in [5, 5.41) is 2.97. The summed E-state index contributed by atoms with van der Waals surface area (Å²) in [7, 11) is 0. The molecule has 0 atom stereocenters. The summed E-state index contributed by atoms with van der Waals surface area (Å²) in [4.78, 5) is 14.5. The van der Waals surface area contributed by atoms with E-state index in [0.29, 0.717) is 18.6 Å². The lowest BCUT2D eigenvalue weighted by atomic mass is 9.91. The van der Waals surface area contributed by atoms with Crippen LogP contribution in [0, 0.1) is 0 Å². The van der Waals surface area contributed by atoms with Crippen LogP contribution in [0.4, 0.5) is 5.69 Å². The summed E-state index contributed by atoms with van der Waals surface area (Å²) >= 11 is 3.45. The second-order valence-corrected chi connectivity index (χ2v) is 6.51. The standard InChI is InChI=1S/C16H24BrN3O/c1-2-20(13-9-7-12(18)8-10-13)11-16(21)19-15-6-4-3-5-14(15)17/h3-6,12-13H,2,7-11,18H2,1H3,(H,19,21). The molecule has 1 aromatic rings. The Bertz CT molecular complexity index is 472. The number of hydrogen-bond acceptors (Lipinski definition) is 3. The van der Waals surface area contributed by atoms with Crippen LogP contribution in [0.1, 0.15) is 32.6 Å². The highest BCUT2D eigenvalue weighted by Crippen LogP contribution is 2.23. The molecule has 3 N–H and O–H groups in total. The molecule has 1 aliphatic rings. The molecule has 4 nitrogen and oxygen atoms in total. The molecule has 1 aliphatic carbocycles. The van der Waals surface area contributed by atoms with Crippen molar-refractivity contribution in [1.82, 2.24) is 4.90 Å². The van der Waals surface area contributed by atoms with Crippen molar-refractivity contribution >= 4 is 27.5 Å². The fraction of sp³-hybridized carbons (Fsp3) is 0.562. The highest BCUT2D eigenvalue weighted by atomic mass is 79.9. The quantitative estimate of drug-likeness (QED) is 0.855. The van der Waals surface area contributed by atoms with Crippen LogP contribution in [0.3, 0.4) is 0 Å². The molecule has 0 aliphatic heterocycles. The van der Waals surface area contributed by atoms with Crippen molar-refractivity contribution in [3.8, 4) is 0 Å². The number of anilines is 1. The fourth-order valence-corrected chi connectivity index (χ4v) is 3.29. The molecule has 0 spiro atoms. The van der Waals surface area contributed by atoms with Gasteiger partial charge in [-0.15, -0.1) is 0 Å². The predicted molar refractivity (Wildman–Crippen MR) is 90.3 cm³/mol. The van der Waals surface area contributed by atoms with Crippen LogP contribution in [0.2, 0.25) is 0 Å². The van der Waals surface area contributed by atoms with Crippen molar-refractivity contribution in [2.24, 2.45) is 5.73 Å². The number of carbonyl (C=O) groups is 1. The molecule has 0 radical (unpaired) electrons. The minimum Gasteiger partial charge on any atom is -0.328 e. The summed E-state index contributed by atoms with van der Waals surface area (Å²) in [6.07, 6.45) is 4.31.